The Morgan fingerprint density at radius 1 is 1.00 bits per heavy atom. The second-order valence-corrected chi connectivity index (χ2v) is 12.0. The summed E-state index contributed by atoms with van der Waals surface area (Å²) in [5.74, 6) is 0.00351. The van der Waals surface area contributed by atoms with E-state index in [1.54, 1.807) is 27.4 Å². The van der Waals surface area contributed by atoms with Crippen molar-refractivity contribution >= 4 is 27.5 Å². The minimum absolute atomic E-state index is 0.0849. The van der Waals surface area contributed by atoms with Crippen molar-refractivity contribution in [2.24, 2.45) is 5.92 Å². The van der Waals surface area contributed by atoms with Gasteiger partial charge in [-0.25, -0.2) is 8.42 Å². The van der Waals surface area contributed by atoms with E-state index in [2.05, 4.69) is 12.1 Å². The van der Waals surface area contributed by atoms with E-state index in [9.17, 15) is 23.3 Å². The number of carbonyl (C=O) groups is 1. The van der Waals surface area contributed by atoms with Crippen LogP contribution >= 0.6 is 0 Å². The number of methoxy groups -OCH3 is 1. The van der Waals surface area contributed by atoms with Crippen molar-refractivity contribution < 1.29 is 27.3 Å². The number of ether oxygens (including phenoxy) is 1. The molecular weight excluding hydrogens is 536 g/mol. The van der Waals surface area contributed by atoms with Gasteiger partial charge in [0.25, 0.3) is 5.91 Å². The lowest BCUT2D eigenvalue weighted by Gasteiger charge is -2.36. The highest BCUT2D eigenvalue weighted by molar-refractivity contribution is 7.89. The molecule has 12 heteroatoms. The van der Waals surface area contributed by atoms with Gasteiger partial charge in [0.05, 0.1) is 23.8 Å². The molecule has 3 heterocycles. The molecule has 2 aromatic carbocycles. The van der Waals surface area contributed by atoms with Crippen molar-refractivity contribution in [3.05, 3.63) is 82.1 Å². The SMILES string of the molecule is COc1ccc(S(=O)(=O)N2CCC(Cc3ccccc3)CC2)cc1N1CCN(C(=O)c2ccc([N+](=O)[O-])o2)CC1. The van der Waals surface area contributed by atoms with Gasteiger partial charge in [-0.05, 0) is 55.0 Å². The molecule has 0 spiro atoms. The van der Waals surface area contributed by atoms with Crippen LogP contribution in [0.5, 0.6) is 5.75 Å². The lowest BCUT2D eigenvalue weighted by Crippen LogP contribution is -2.48. The highest BCUT2D eigenvalue weighted by Crippen LogP contribution is 2.34. The number of benzene rings is 2. The van der Waals surface area contributed by atoms with Crippen LogP contribution in [0.2, 0.25) is 0 Å². The maximum atomic E-state index is 13.6. The Labute approximate surface area is 233 Å². The minimum Gasteiger partial charge on any atom is -0.495 e. The molecule has 0 bridgehead atoms. The highest BCUT2D eigenvalue weighted by Gasteiger charge is 2.32. The van der Waals surface area contributed by atoms with Gasteiger partial charge in [-0.15, -0.1) is 0 Å². The van der Waals surface area contributed by atoms with Crippen LogP contribution in [-0.4, -0.2) is 74.8 Å². The first-order valence-electron chi connectivity index (χ1n) is 13.3. The van der Waals surface area contributed by atoms with Crippen LogP contribution in [0.25, 0.3) is 0 Å². The minimum atomic E-state index is -3.69. The zero-order chi connectivity index (χ0) is 28.3. The zero-order valence-electron chi connectivity index (χ0n) is 22.3. The number of rotatable bonds is 8. The molecule has 40 heavy (non-hydrogen) atoms. The number of furan rings is 1. The van der Waals surface area contributed by atoms with Crippen LogP contribution in [0.3, 0.4) is 0 Å². The van der Waals surface area contributed by atoms with Crippen LogP contribution in [-0.2, 0) is 16.4 Å². The van der Waals surface area contributed by atoms with E-state index in [4.69, 9.17) is 9.15 Å². The van der Waals surface area contributed by atoms with E-state index in [0.717, 1.165) is 25.3 Å². The monoisotopic (exact) mass is 568 g/mol. The van der Waals surface area contributed by atoms with Gasteiger partial charge in [-0.2, -0.15) is 4.31 Å². The van der Waals surface area contributed by atoms with Gasteiger partial charge < -0.3 is 19.0 Å². The first kappa shape index (κ1) is 27.7. The summed E-state index contributed by atoms with van der Waals surface area (Å²) in [5.41, 5.74) is 1.92. The van der Waals surface area contributed by atoms with E-state index in [-0.39, 0.29) is 10.7 Å². The number of nitrogens with zero attached hydrogens (tertiary/aromatic N) is 4. The van der Waals surface area contributed by atoms with Gasteiger partial charge in [0, 0.05) is 39.3 Å². The van der Waals surface area contributed by atoms with Crippen LogP contribution in [0.1, 0.15) is 29.0 Å². The van der Waals surface area contributed by atoms with Crippen molar-refractivity contribution in [2.45, 2.75) is 24.2 Å². The zero-order valence-corrected chi connectivity index (χ0v) is 23.1. The summed E-state index contributed by atoms with van der Waals surface area (Å²) in [6.07, 6.45) is 2.57. The van der Waals surface area contributed by atoms with Gasteiger partial charge in [0.1, 0.15) is 10.7 Å². The second kappa shape index (κ2) is 11.7. The Balaban J connectivity index is 1.24. The average molecular weight is 569 g/mol. The Bertz CT molecular complexity index is 1460. The Kier molecular flexibility index (Phi) is 8.08. The molecule has 0 atom stereocenters. The van der Waals surface area contributed by atoms with Crippen molar-refractivity contribution in [1.29, 1.82) is 0 Å². The third-order valence-corrected chi connectivity index (χ3v) is 9.51. The van der Waals surface area contributed by atoms with Crippen LogP contribution in [0.4, 0.5) is 11.6 Å². The first-order chi connectivity index (χ1) is 19.3. The first-order valence-corrected chi connectivity index (χ1v) is 14.7. The molecule has 0 saturated carbocycles. The number of hydrogen-bond donors (Lipinski definition) is 0. The Morgan fingerprint density at radius 3 is 2.33 bits per heavy atom. The van der Waals surface area contributed by atoms with Crippen LogP contribution in [0.15, 0.2) is 70.0 Å². The number of nitro groups is 1. The van der Waals surface area contributed by atoms with E-state index in [1.807, 2.05) is 23.1 Å². The predicted octanol–water partition coefficient (Wildman–Crippen LogP) is 3.80. The Hall–Kier alpha value is -3.90. The molecule has 2 aliphatic heterocycles. The quantitative estimate of drug-likeness (QED) is 0.297. The van der Waals surface area contributed by atoms with Gasteiger partial charge in [-0.3, -0.25) is 14.9 Å². The molecule has 2 fully saturated rings. The van der Waals surface area contributed by atoms with E-state index >= 15 is 0 Å². The molecule has 0 aliphatic carbocycles. The lowest BCUT2D eigenvalue weighted by atomic mass is 9.91. The van der Waals surface area contributed by atoms with Gasteiger partial charge in [-0.1, -0.05) is 30.3 Å². The Morgan fingerprint density at radius 2 is 1.70 bits per heavy atom. The molecule has 11 nitrogen and oxygen atoms in total. The molecule has 212 valence electrons. The fourth-order valence-electron chi connectivity index (χ4n) is 5.37. The van der Waals surface area contributed by atoms with Crippen molar-refractivity contribution in [3.63, 3.8) is 0 Å². The fourth-order valence-corrected chi connectivity index (χ4v) is 6.86. The van der Waals surface area contributed by atoms with Gasteiger partial charge in [0.15, 0.2) is 5.76 Å². The molecule has 2 saturated heterocycles. The normalized spacial score (nSPS) is 17.1. The maximum Gasteiger partial charge on any atom is 0.433 e. The maximum absolute atomic E-state index is 13.6. The number of anilines is 1. The van der Waals surface area contributed by atoms with Crippen molar-refractivity contribution in [3.8, 4) is 5.75 Å². The van der Waals surface area contributed by atoms with Crippen LogP contribution < -0.4 is 9.64 Å². The van der Waals surface area contributed by atoms with Gasteiger partial charge in [0.2, 0.25) is 10.0 Å². The van der Waals surface area contributed by atoms with Crippen molar-refractivity contribution in [1.82, 2.24) is 9.21 Å². The van der Waals surface area contributed by atoms with Gasteiger partial charge >= 0.3 is 5.88 Å². The summed E-state index contributed by atoms with van der Waals surface area (Å²) in [6, 6.07) is 17.6. The predicted molar refractivity (Wildman–Crippen MR) is 148 cm³/mol. The number of piperidine rings is 1. The third kappa shape index (κ3) is 5.82. The number of piperazine rings is 1. The fraction of sp³-hybridized carbons (Fsp3) is 0.393. The molecule has 0 radical (unpaired) electrons. The average Bonchev–Trinajstić information content (AvgIpc) is 3.48. The number of carbonyl (C=O) groups excluding carboxylic acids is 1. The number of hydrogen-bond acceptors (Lipinski definition) is 8. The number of sulfonamides is 1. The molecular formula is C28H32N4O7S. The largest absolute Gasteiger partial charge is 0.495 e. The molecule has 2 aliphatic rings. The van der Waals surface area contributed by atoms with E-state index in [0.29, 0.717) is 56.6 Å². The highest BCUT2D eigenvalue weighted by atomic mass is 32.2. The van der Waals surface area contributed by atoms with E-state index in [1.165, 1.54) is 18.7 Å². The topological polar surface area (TPSA) is 126 Å². The summed E-state index contributed by atoms with van der Waals surface area (Å²) in [5, 5.41) is 10.9. The molecule has 1 aromatic heterocycles. The van der Waals surface area contributed by atoms with Crippen LogP contribution in [0, 0.1) is 16.0 Å². The van der Waals surface area contributed by atoms with E-state index < -0.39 is 26.7 Å². The molecule has 3 aromatic rings. The summed E-state index contributed by atoms with van der Waals surface area (Å²) in [4.78, 5) is 26.7. The molecule has 5 rings (SSSR count). The molecule has 1 amide bonds. The third-order valence-electron chi connectivity index (χ3n) is 7.62. The summed E-state index contributed by atoms with van der Waals surface area (Å²) in [6.45, 7) is 2.49. The molecule has 0 N–H and O–H groups in total. The smallest absolute Gasteiger partial charge is 0.433 e. The summed E-state index contributed by atoms with van der Waals surface area (Å²) >= 11 is 0. The summed E-state index contributed by atoms with van der Waals surface area (Å²) in [7, 11) is -2.15. The number of amides is 1. The lowest BCUT2D eigenvalue weighted by molar-refractivity contribution is -0.402. The standard InChI is InChI=1S/C28H32N4O7S/c1-38-25-8-7-23(40(36,37)31-13-11-22(12-14-31)19-21-5-3-2-4-6-21)20-24(25)29-15-17-30(18-16-29)28(33)26-9-10-27(39-26)32(34)35/h2-10,20,22H,11-19H2,1H3. The second-order valence-electron chi connectivity index (χ2n) is 10.0. The summed E-state index contributed by atoms with van der Waals surface area (Å²) < 4.78 is 39.4. The molecule has 0 unspecified atom stereocenters. The van der Waals surface area contributed by atoms with Crippen molar-refractivity contribution in [2.75, 3.05) is 51.3 Å².